The van der Waals surface area contributed by atoms with Crippen LogP contribution < -0.4 is 0 Å². The van der Waals surface area contributed by atoms with Gasteiger partial charge in [0.1, 0.15) is 0 Å². The minimum absolute atomic E-state index is 0.149. The standard InChI is InChI=1S/C9H18ClNOS/c1-8(10)4-6-11(2)9(12)5-7-13-3/h8H,4-7H2,1-3H3. The van der Waals surface area contributed by atoms with Gasteiger partial charge in [-0.1, -0.05) is 0 Å². The van der Waals surface area contributed by atoms with Crippen LogP contribution in [-0.4, -0.2) is 41.8 Å². The Bertz CT molecular complexity index is 153. The predicted molar refractivity (Wildman–Crippen MR) is 60.6 cm³/mol. The molecule has 0 bridgehead atoms. The van der Waals surface area contributed by atoms with E-state index in [-0.39, 0.29) is 11.3 Å². The van der Waals surface area contributed by atoms with Gasteiger partial charge in [0.15, 0.2) is 0 Å². The van der Waals surface area contributed by atoms with Gasteiger partial charge in [0.2, 0.25) is 5.91 Å². The average molecular weight is 224 g/mol. The number of nitrogens with zero attached hydrogens (tertiary/aromatic N) is 1. The van der Waals surface area contributed by atoms with E-state index in [1.54, 1.807) is 16.7 Å². The predicted octanol–water partition coefficient (Wildman–Crippen LogP) is 2.22. The largest absolute Gasteiger partial charge is 0.346 e. The van der Waals surface area contributed by atoms with E-state index in [0.717, 1.165) is 18.7 Å². The summed E-state index contributed by atoms with van der Waals surface area (Å²) in [6.07, 6.45) is 3.51. The molecule has 0 aliphatic carbocycles. The first kappa shape index (κ1) is 13.1. The van der Waals surface area contributed by atoms with Crippen molar-refractivity contribution in [3.05, 3.63) is 0 Å². The van der Waals surface area contributed by atoms with Gasteiger partial charge in [0, 0.05) is 31.1 Å². The van der Waals surface area contributed by atoms with E-state index in [4.69, 9.17) is 11.6 Å². The van der Waals surface area contributed by atoms with Crippen LogP contribution >= 0.6 is 23.4 Å². The van der Waals surface area contributed by atoms with E-state index in [0.29, 0.717) is 6.42 Å². The molecule has 0 heterocycles. The molecule has 0 N–H and O–H groups in total. The third-order valence-corrected chi connectivity index (χ3v) is 2.64. The normalized spacial score (nSPS) is 12.6. The van der Waals surface area contributed by atoms with Crippen molar-refractivity contribution in [1.29, 1.82) is 0 Å². The van der Waals surface area contributed by atoms with Gasteiger partial charge >= 0.3 is 0 Å². The number of halogens is 1. The number of carbonyl (C=O) groups is 1. The van der Waals surface area contributed by atoms with Crippen molar-refractivity contribution in [2.24, 2.45) is 0 Å². The number of rotatable bonds is 6. The van der Waals surface area contributed by atoms with Gasteiger partial charge in [0.25, 0.3) is 0 Å². The second kappa shape index (κ2) is 7.51. The summed E-state index contributed by atoms with van der Waals surface area (Å²) >= 11 is 7.49. The van der Waals surface area contributed by atoms with Crippen LogP contribution in [0.3, 0.4) is 0 Å². The van der Waals surface area contributed by atoms with E-state index < -0.39 is 0 Å². The lowest BCUT2D eigenvalue weighted by Gasteiger charge is -2.17. The first-order valence-corrected chi connectivity index (χ1v) is 6.28. The fraction of sp³-hybridized carbons (Fsp3) is 0.889. The van der Waals surface area contributed by atoms with Crippen molar-refractivity contribution in [2.75, 3.05) is 25.6 Å². The summed E-state index contributed by atoms with van der Waals surface area (Å²) in [5, 5.41) is 0.149. The Morgan fingerprint density at radius 1 is 1.62 bits per heavy atom. The number of hydrogen-bond donors (Lipinski definition) is 0. The Hall–Kier alpha value is 0.110. The molecular weight excluding hydrogens is 206 g/mol. The topological polar surface area (TPSA) is 20.3 Å². The summed E-state index contributed by atoms with van der Waals surface area (Å²) < 4.78 is 0. The monoisotopic (exact) mass is 223 g/mol. The zero-order valence-electron chi connectivity index (χ0n) is 8.55. The minimum Gasteiger partial charge on any atom is -0.346 e. The fourth-order valence-electron chi connectivity index (χ4n) is 0.876. The number of alkyl halides is 1. The first-order valence-electron chi connectivity index (χ1n) is 4.45. The Kier molecular flexibility index (Phi) is 7.57. The van der Waals surface area contributed by atoms with Crippen LogP contribution in [0.15, 0.2) is 0 Å². The van der Waals surface area contributed by atoms with Gasteiger partial charge < -0.3 is 4.90 Å². The molecule has 1 amide bonds. The van der Waals surface area contributed by atoms with Gasteiger partial charge in [-0.25, -0.2) is 0 Å². The molecule has 0 aromatic heterocycles. The second-order valence-corrected chi connectivity index (χ2v) is 4.86. The third kappa shape index (κ3) is 7.20. The molecule has 1 unspecified atom stereocenters. The highest BCUT2D eigenvalue weighted by Gasteiger charge is 2.08. The molecule has 0 aromatic rings. The van der Waals surface area contributed by atoms with Crippen molar-refractivity contribution in [2.45, 2.75) is 25.1 Å². The molecule has 2 nitrogen and oxygen atoms in total. The van der Waals surface area contributed by atoms with Crippen LogP contribution in [0.25, 0.3) is 0 Å². The van der Waals surface area contributed by atoms with Gasteiger partial charge in [-0.05, 0) is 19.6 Å². The third-order valence-electron chi connectivity index (χ3n) is 1.81. The molecule has 0 rings (SSSR count). The lowest BCUT2D eigenvalue weighted by Crippen LogP contribution is -2.28. The Morgan fingerprint density at radius 2 is 2.23 bits per heavy atom. The lowest BCUT2D eigenvalue weighted by molar-refractivity contribution is -0.129. The maximum absolute atomic E-state index is 11.4. The van der Waals surface area contributed by atoms with Crippen LogP contribution in [0.5, 0.6) is 0 Å². The minimum atomic E-state index is 0.149. The molecule has 78 valence electrons. The van der Waals surface area contributed by atoms with Gasteiger partial charge in [0.05, 0.1) is 0 Å². The maximum atomic E-state index is 11.4. The number of hydrogen-bond acceptors (Lipinski definition) is 2. The van der Waals surface area contributed by atoms with Crippen molar-refractivity contribution in [1.82, 2.24) is 4.90 Å². The van der Waals surface area contributed by atoms with E-state index >= 15 is 0 Å². The summed E-state index contributed by atoms with van der Waals surface area (Å²) in [6, 6.07) is 0. The van der Waals surface area contributed by atoms with Crippen LogP contribution in [0.4, 0.5) is 0 Å². The molecule has 0 aromatic carbocycles. The van der Waals surface area contributed by atoms with Crippen molar-refractivity contribution < 1.29 is 4.79 Å². The second-order valence-electron chi connectivity index (χ2n) is 3.13. The highest BCUT2D eigenvalue weighted by molar-refractivity contribution is 7.98. The number of thioether (sulfide) groups is 1. The van der Waals surface area contributed by atoms with E-state index in [1.165, 1.54) is 0 Å². The van der Waals surface area contributed by atoms with Crippen molar-refractivity contribution in [3.8, 4) is 0 Å². The van der Waals surface area contributed by atoms with Crippen LogP contribution in [0, 0.1) is 0 Å². The molecule has 0 radical (unpaired) electrons. The maximum Gasteiger partial charge on any atom is 0.223 e. The molecule has 4 heteroatoms. The summed E-state index contributed by atoms with van der Waals surface area (Å²) in [7, 11) is 1.84. The molecule has 0 saturated heterocycles. The highest BCUT2D eigenvalue weighted by Crippen LogP contribution is 2.03. The van der Waals surface area contributed by atoms with Crippen molar-refractivity contribution in [3.63, 3.8) is 0 Å². The van der Waals surface area contributed by atoms with Crippen molar-refractivity contribution >= 4 is 29.3 Å². The molecule has 0 spiro atoms. The summed E-state index contributed by atoms with van der Waals surface area (Å²) in [6.45, 7) is 2.71. The van der Waals surface area contributed by atoms with Crippen LogP contribution in [0.1, 0.15) is 19.8 Å². The molecule has 13 heavy (non-hydrogen) atoms. The first-order chi connectivity index (χ1) is 6.07. The van der Waals surface area contributed by atoms with Crippen LogP contribution in [0.2, 0.25) is 0 Å². The highest BCUT2D eigenvalue weighted by atomic mass is 35.5. The van der Waals surface area contributed by atoms with Gasteiger partial charge in [-0.2, -0.15) is 11.8 Å². The molecular formula is C9H18ClNOS. The summed E-state index contributed by atoms with van der Waals surface area (Å²) in [5.74, 6) is 1.12. The molecule has 0 saturated carbocycles. The van der Waals surface area contributed by atoms with Gasteiger partial charge in [-0.15, -0.1) is 11.6 Å². The molecule has 0 fully saturated rings. The smallest absolute Gasteiger partial charge is 0.223 e. The van der Waals surface area contributed by atoms with E-state index in [2.05, 4.69) is 0 Å². The molecule has 0 aliphatic rings. The Morgan fingerprint density at radius 3 is 2.69 bits per heavy atom. The van der Waals surface area contributed by atoms with E-state index in [1.807, 2.05) is 20.2 Å². The summed E-state index contributed by atoms with van der Waals surface area (Å²) in [4.78, 5) is 13.1. The summed E-state index contributed by atoms with van der Waals surface area (Å²) in [5.41, 5.74) is 0. The van der Waals surface area contributed by atoms with E-state index in [9.17, 15) is 4.79 Å². The quantitative estimate of drug-likeness (QED) is 0.644. The zero-order chi connectivity index (χ0) is 10.3. The molecule has 0 aliphatic heterocycles. The lowest BCUT2D eigenvalue weighted by atomic mass is 10.3. The number of amides is 1. The Balaban J connectivity index is 3.57. The van der Waals surface area contributed by atoms with Crippen LogP contribution in [-0.2, 0) is 4.79 Å². The average Bonchev–Trinajstić information content (AvgIpc) is 2.10. The SMILES string of the molecule is CSCCC(=O)N(C)CCC(C)Cl. The molecule has 1 atom stereocenters. The zero-order valence-corrected chi connectivity index (χ0v) is 10.1. The number of carbonyl (C=O) groups excluding carboxylic acids is 1. The fourth-order valence-corrected chi connectivity index (χ4v) is 1.35. The van der Waals surface area contributed by atoms with Gasteiger partial charge in [-0.3, -0.25) is 4.79 Å². The Labute approximate surface area is 90.0 Å².